The van der Waals surface area contributed by atoms with Crippen molar-refractivity contribution in [2.45, 2.75) is 45.7 Å². The normalized spacial score (nSPS) is 13.2. The van der Waals surface area contributed by atoms with Crippen molar-refractivity contribution in [3.05, 3.63) is 66.2 Å². The van der Waals surface area contributed by atoms with Crippen molar-refractivity contribution in [2.24, 2.45) is 0 Å². The maximum absolute atomic E-state index is 13.2. The molecule has 7 nitrogen and oxygen atoms in total. The monoisotopic (exact) mass is 405 g/mol. The molecule has 0 atom stereocenters. The van der Waals surface area contributed by atoms with Crippen molar-refractivity contribution in [3.63, 3.8) is 0 Å². The van der Waals surface area contributed by atoms with E-state index in [1.54, 1.807) is 4.90 Å². The maximum Gasteiger partial charge on any atom is 0.326 e. The average molecular weight is 406 g/mol. The Labute approximate surface area is 176 Å². The van der Waals surface area contributed by atoms with Crippen LogP contribution in [-0.4, -0.2) is 27.4 Å². The number of ether oxygens (including phenoxy) is 1. The molecule has 2 heterocycles. The van der Waals surface area contributed by atoms with Gasteiger partial charge in [0, 0.05) is 24.3 Å². The zero-order chi connectivity index (χ0) is 20.8. The third kappa shape index (κ3) is 4.62. The molecular weight excluding hydrogens is 378 g/mol. The first-order chi connectivity index (χ1) is 14.7. The number of amides is 2. The van der Waals surface area contributed by atoms with Gasteiger partial charge in [0.25, 0.3) is 0 Å². The Morgan fingerprint density at radius 3 is 2.63 bits per heavy atom. The standard InChI is InChI=1S/C23H27N5O2/c1-2-30-20-14-12-19(13-15-20)28(23(29)24-18-9-5-3-6-10-18)17-22-26-25-21-11-7-4-8-16-27(21)22/h3,5-6,9-10,12-15H,2,4,7-8,11,16-17H2,1H3,(H,24,29). The van der Waals surface area contributed by atoms with Crippen LogP contribution in [0.4, 0.5) is 16.2 Å². The predicted molar refractivity (Wildman–Crippen MR) is 117 cm³/mol. The van der Waals surface area contributed by atoms with E-state index in [-0.39, 0.29) is 6.03 Å². The van der Waals surface area contributed by atoms with Gasteiger partial charge >= 0.3 is 6.03 Å². The molecule has 1 aromatic heterocycles. The van der Waals surface area contributed by atoms with Crippen molar-refractivity contribution >= 4 is 17.4 Å². The lowest BCUT2D eigenvalue weighted by atomic mass is 10.2. The van der Waals surface area contributed by atoms with Gasteiger partial charge in [0.2, 0.25) is 0 Å². The minimum Gasteiger partial charge on any atom is -0.494 e. The van der Waals surface area contributed by atoms with E-state index >= 15 is 0 Å². The number of nitrogens with one attached hydrogen (secondary N) is 1. The molecule has 30 heavy (non-hydrogen) atoms. The fourth-order valence-corrected chi connectivity index (χ4v) is 3.69. The highest BCUT2D eigenvalue weighted by molar-refractivity contribution is 6.01. The molecule has 1 N–H and O–H groups in total. The molecule has 0 saturated heterocycles. The van der Waals surface area contributed by atoms with Crippen LogP contribution in [0.15, 0.2) is 54.6 Å². The Bertz CT molecular complexity index is 969. The van der Waals surface area contributed by atoms with Gasteiger partial charge in [-0.05, 0) is 56.2 Å². The van der Waals surface area contributed by atoms with E-state index in [1.807, 2.05) is 61.5 Å². The second-order valence-corrected chi connectivity index (χ2v) is 7.30. The molecule has 3 aromatic rings. The first-order valence-electron chi connectivity index (χ1n) is 10.5. The Morgan fingerprint density at radius 1 is 1.07 bits per heavy atom. The van der Waals surface area contributed by atoms with Crippen molar-refractivity contribution in [2.75, 3.05) is 16.8 Å². The van der Waals surface area contributed by atoms with Crippen molar-refractivity contribution in [1.82, 2.24) is 14.8 Å². The number of hydrogen-bond acceptors (Lipinski definition) is 4. The van der Waals surface area contributed by atoms with Gasteiger partial charge in [-0.25, -0.2) is 4.79 Å². The molecule has 0 aliphatic carbocycles. The largest absolute Gasteiger partial charge is 0.494 e. The van der Waals surface area contributed by atoms with Gasteiger partial charge in [0.05, 0.1) is 13.2 Å². The van der Waals surface area contributed by atoms with E-state index < -0.39 is 0 Å². The lowest BCUT2D eigenvalue weighted by Gasteiger charge is -2.23. The van der Waals surface area contributed by atoms with E-state index in [9.17, 15) is 4.79 Å². The van der Waals surface area contributed by atoms with Gasteiger partial charge in [0.15, 0.2) is 5.82 Å². The molecular formula is C23H27N5O2. The molecule has 0 spiro atoms. The summed E-state index contributed by atoms with van der Waals surface area (Å²) in [6, 6.07) is 16.8. The van der Waals surface area contributed by atoms with Crippen molar-refractivity contribution < 1.29 is 9.53 Å². The van der Waals surface area contributed by atoms with Crippen LogP contribution in [0.3, 0.4) is 0 Å². The minimum absolute atomic E-state index is 0.212. The topological polar surface area (TPSA) is 72.3 Å². The number of aryl methyl sites for hydroxylation is 1. The van der Waals surface area contributed by atoms with Crippen LogP contribution in [0.5, 0.6) is 5.75 Å². The van der Waals surface area contributed by atoms with Gasteiger partial charge in [0.1, 0.15) is 11.6 Å². The summed E-state index contributed by atoms with van der Waals surface area (Å²) in [4.78, 5) is 14.9. The molecule has 0 saturated carbocycles. The number of carbonyl (C=O) groups excluding carboxylic acids is 1. The van der Waals surface area contributed by atoms with Crippen molar-refractivity contribution in [3.8, 4) is 5.75 Å². The van der Waals surface area contributed by atoms with Crippen LogP contribution in [0.1, 0.15) is 37.8 Å². The number of anilines is 2. The molecule has 2 aromatic carbocycles. The Morgan fingerprint density at radius 2 is 1.87 bits per heavy atom. The van der Waals surface area contributed by atoms with E-state index in [2.05, 4.69) is 20.1 Å². The lowest BCUT2D eigenvalue weighted by Crippen LogP contribution is -2.35. The third-order valence-electron chi connectivity index (χ3n) is 5.22. The SMILES string of the molecule is CCOc1ccc(N(Cc2nnc3n2CCCCC3)C(=O)Nc2ccccc2)cc1. The van der Waals surface area contributed by atoms with Crippen LogP contribution in [-0.2, 0) is 19.5 Å². The minimum atomic E-state index is -0.212. The zero-order valence-electron chi connectivity index (χ0n) is 17.3. The molecule has 1 aliphatic rings. The van der Waals surface area contributed by atoms with Gasteiger partial charge < -0.3 is 14.6 Å². The highest BCUT2D eigenvalue weighted by Crippen LogP contribution is 2.23. The number of urea groups is 1. The third-order valence-corrected chi connectivity index (χ3v) is 5.22. The van der Waals surface area contributed by atoms with E-state index in [0.717, 1.165) is 54.6 Å². The molecule has 0 radical (unpaired) electrons. The van der Waals surface area contributed by atoms with Crippen LogP contribution in [0.2, 0.25) is 0 Å². The number of aromatic nitrogens is 3. The fraction of sp³-hybridized carbons (Fsp3) is 0.348. The molecule has 4 rings (SSSR count). The number of rotatable bonds is 6. The van der Waals surface area contributed by atoms with E-state index in [1.165, 1.54) is 6.42 Å². The molecule has 156 valence electrons. The summed E-state index contributed by atoms with van der Waals surface area (Å²) in [5, 5.41) is 11.8. The second kappa shape index (κ2) is 9.43. The number of para-hydroxylation sites is 1. The predicted octanol–water partition coefficient (Wildman–Crippen LogP) is 4.64. The molecule has 0 fully saturated rings. The van der Waals surface area contributed by atoms with Crippen LogP contribution < -0.4 is 15.0 Å². The fourth-order valence-electron chi connectivity index (χ4n) is 3.69. The number of nitrogens with zero attached hydrogens (tertiary/aromatic N) is 4. The van der Waals surface area contributed by atoms with Gasteiger partial charge in [-0.3, -0.25) is 4.90 Å². The van der Waals surface area contributed by atoms with Crippen molar-refractivity contribution in [1.29, 1.82) is 0 Å². The zero-order valence-corrected chi connectivity index (χ0v) is 17.3. The molecule has 0 unspecified atom stereocenters. The summed E-state index contributed by atoms with van der Waals surface area (Å²) in [7, 11) is 0. The Kier molecular flexibility index (Phi) is 6.27. The maximum atomic E-state index is 13.2. The number of hydrogen-bond donors (Lipinski definition) is 1. The summed E-state index contributed by atoms with van der Waals surface area (Å²) in [5.74, 6) is 2.60. The quantitative estimate of drug-likeness (QED) is 0.648. The highest BCUT2D eigenvalue weighted by Gasteiger charge is 2.22. The van der Waals surface area contributed by atoms with Gasteiger partial charge in [-0.2, -0.15) is 0 Å². The lowest BCUT2D eigenvalue weighted by molar-refractivity contribution is 0.256. The van der Waals surface area contributed by atoms with Crippen LogP contribution >= 0.6 is 0 Å². The molecule has 1 aliphatic heterocycles. The first-order valence-corrected chi connectivity index (χ1v) is 10.5. The van der Waals surface area contributed by atoms with E-state index in [4.69, 9.17) is 4.74 Å². The van der Waals surface area contributed by atoms with Gasteiger partial charge in [-0.15, -0.1) is 10.2 Å². The molecule has 7 heteroatoms. The Balaban J connectivity index is 1.61. The van der Waals surface area contributed by atoms with Crippen LogP contribution in [0, 0.1) is 0 Å². The average Bonchev–Trinajstić information content (AvgIpc) is 2.99. The Hall–Kier alpha value is -3.35. The summed E-state index contributed by atoms with van der Waals surface area (Å²) in [6.45, 7) is 3.79. The first kappa shape index (κ1) is 19.9. The summed E-state index contributed by atoms with van der Waals surface area (Å²) in [6.07, 6.45) is 4.37. The highest BCUT2D eigenvalue weighted by atomic mass is 16.5. The molecule has 2 amide bonds. The second-order valence-electron chi connectivity index (χ2n) is 7.30. The van der Waals surface area contributed by atoms with Crippen LogP contribution in [0.25, 0.3) is 0 Å². The number of benzene rings is 2. The van der Waals surface area contributed by atoms with E-state index in [0.29, 0.717) is 13.2 Å². The van der Waals surface area contributed by atoms with Gasteiger partial charge in [-0.1, -0.05) is 24.6 Å². The smallest absolute Gasteiger partial charge is 0.326 e. The summed E-state index contributed by atoms with van der Waals surface area (Å²) < 4.78 is 7.72. The summed E-state index contributed by atoms with van der Waals surface area (Å²) >= 11 is 0. The number of fused-ring (bicyclic) bond motifs is 1. The molecule has 0 bridgehead atoms. The number of carbonyl (C=O) groups is 1. The summed E-state index contributed by atoms with van der Waals surface area (Å²) in [5.41, 5.74) is 1.52.